The van der Waals surface area contributed by atoms with Crippen LogP contribution in [-0.4, -0.2) is 30.5 Å². The second-order valence-corrected chi connectivity index (χ2v) is 3.68. The SMILES string of the molecule is CC(=O)OB1C=CC=CC1(OC(C)=O)OC(C)=O. The molecule has 7 heteroatoms. The number of esters is 2. The maximum absolute atomic E-state index is 11.1. The number of allylic oxidation sites excluding steroid dienone is 2. The van der Waals surface area contributed by atoms with Gasteiger partial charge in [-0.3, -0.25) is 14.4 Å². The molecule has 6 nitrogen and oxygen atoms in total. The summed E-state index contributed by atoms with van der Waals surface area (Å²) in [5, 5.41) is 0. The average Bonchev–Trinajstić information content (AvgIpc) is 2.18. The summed E-state index contributed by atoms with van der Waals surface area (Å²) in [6, 6.07) is 0. The van der Waals surface area contributed by atoms with Crippen LogP contribution in [0.1, 0.15) is 20.8 Å². The monoisotopic (exact) mass is 252 g/mol. The molecule has 0 bridgehead atoms. The molecule has 0 saturated heterocycles. The molecule has 18 heavy (non-hydrogen) atoms. The van der Waals surface area contributed by atoms with Crippen molar-refractivity contribution < 1.29 is 28.5 Å². The molecule has 0 aromatic heterocycles. The molecule has 0 atom stereocenters. The lowest BCUT2D eigenvalue weighted by molar-refractivity contribution is -0.191. The molecule has 1 aliphatic rings. The summed E-state index contributed by atoms with van der Waals surface area (Å²) in [5.41, 5.74) is -1.74. The molecular weight excluding hydrogens is 239 g/mol. The quantitative estimate of drug-likeness (QED) is 0.415. The van der Waals surface area contributed by atoms with Gasteiger partial charge >= 0.3 is 18.9 Å². The van der Waals surface area contributed by atoms with Gasteiger partial charge in [-0.15, -0.1) is 0 Å². The summed E-state index contributed by atoms with van der Waals surface area (Å²) >= 11 is 0. The van der Waals surface area contributed by atoms with E-state index < -0.39 is 30.5 Å². The van der Waals surface area contributed by atoms with Crippen molar-refractivity contribution in [1.82, 2.24) is 0 Å². The molecule has 96 valence electrons. The van der Waals surface area contributed by atoms with Crippen molar-refractivity contribution in [3.8, 4) is 0 Å². The molecule has 0 saturated carbocycles. The van der Waals surface area contributed by atoms with Gasteiger partial charge in [0.15, 0.2) is 0 Å². The highest BCUT2D eigenvalue weighted by atomic mass is 16.7. The van der Waals surface area contributed by atoms with Crippen LogP contribution in [-0.2, 0) is 28.5 Å². The Morgan fingerprint density at radius 2 is 1.50 bits per heavy atom. The van der Waals surface area contributed by atoms with Gasteiger partial charge in [0.1, 0.15) is 0 Å². The highest BCUT2D eigenvalue weighted by Gasteiger charge is 2.50. The van der Waals surface area contributed by atoms with Gasteiger partial charge in [-0.25, -0.2) is 0 Å². The van der Waals surface area contributed by atoms with E-state index in [-0.39, 0.29) is 0 Å². The predicted octanol–water partition coefficient (Wildman–Crippen LogP) is 0.568. The van der Waals surface area contributed by atoms with Gasteiger partial charge in [0.25, 0.3) is 11.7 Å². The summed E-state index contributed by atoms with van der Waals surface area (Å²) in [5.74, 6) is -0.432. The van der Waals surface area contributed by atoms with Crippen molar-refractivity contribution in [2.24, 2.45) is 0 Å². The molecule has 0 aromatic carbocycles. The van der Waals surface area contributed by atoms with Crippen LogP contribution in [0.2, 0.25) is 0 Å². The fourth-order valence-electron chi connectivity index (χ4n) is 1.54. The van der Waals surface area contributed by atoms with Gasteiger partial charge in [-0.1, -0.05) is 18.1 Å². The molecular formula is C11H13BO6. The fraction of sp³-hybridized carbons (Fsp3) is 0.364. The standard InChI is InChI=1S/C11H13BO6/c1-8(13)16-11(17-9(2)14)6-4-5-7-12(11)18-10(3)15/h4-7H,1-3H3. The first-order valence-corrected chi connectivity index (χ1v) is 5.28. The van der Waals surface area contributed by atoms with Crippen molar-refractivity contribution >= 4 is 24.8 Å². The van der Waals surface area contributed by atoms with Crippen molar-refractivity contribution in [2.45, 2.75) is 26.5 Å². The number of hydrogen-bond acceptors (Lipinski definition) is 6. The Kier molecular flexibility index (Phi) is 4.30. The van der Waals surface area contributed by atoms with Crippen molar-refractivity contribution in [3.05, 3.63) is 24.2 Å². The zero-order chi connectivity index (χ0) is 13.8. The Morgan fingerprint density at radius 3 is 1.94 bits per heavy atom. The first kappa shape index (κ1) is 14.0. The van der Waals surface area contributed by atoms with Crippen LogP contribution >= 0.6 is 0 Å². The normalized spacial score (nSPS) is 16.1. The summed E-state index contributed by atoms with van der Waals surface area (Å²) in [6.07, 6.45) is 4.48. The lowest BCUT2D eigenvalue weighted by Gasteiger charge is -2.32. The first-order valence-electron chi connectivity index (χ1n) is 5.28. The smallest absolute Gasteiger partial charge is 0.489 e. The van der Waals surface area contributed by atoms with Gasteiger partial charge in [-0.2, -0.15) is 0 Å². The second kappa shape index (κ2) is 5.53. The van der Waals surface area contributed by atoms with Gasteiger partial charge in [0.2, 0.25) is 0 Å². The number of rotatable bonds is 3. The minimum absolute atomic E-state index is 0.580. The van der Waals surface area contributed by atoms with Gasteiger partial charge < -0.3 is 14.1 Å². The lowest BCUT2D eigenvalue weighted by atomic mass is 9.56. The third-order valence-electron chi connectivity index (χ3n) is 2.02. The van der Waals surface area contributed by atoms with Gasteiger partial charge in [0.05, 0.1) is 0 Å². The Hall–Kier alpha value is -2.05. The van der Waals surface area contributed by atoms with E-state index in [9.17, 15) is 14.4 Å². The molecule has 0 aliphatic carbocycles. The Morgan fingerprint density at radius 1 is 0.944 bits per heavy atom. The summed E-state index contributed by atoms with van der Waals surface area (Å²) in [4.78, 5) is 33.2. The Balaban J connectivity index is 3.06. The molecule has 0 spiro atoms. The van der Waals surface area contributed by atoms with E-state index in [2.05, 4.69) is 0 Å². The molecule has 0 N–H and O–H groups in total. The van der Waals surface area contributed by atoms with Gasteiger partial charge in [0, 0.05) is 20.8 Å². The van der Waals surface area contributed by atoms with Crippen LogP contribution in [0.25, 0.3) is 0 Å². The minimum atomic E-state index is -1.74. The Labute approximate surface area is 105 Å². The highest BCUT2D eigenvalue weighted by molar-refractivity contribution is 6.63. The molecule has 1 aliphatic heterocycles. The number of hydrogen-bond donors (Lipinski definition) is 0. The molecule has 1 rings (SSSR count). The molecule has 0 unspecified atom stereocenters. The average molecular weight is 252 g/mol. The zero-order valence-corrected chi connectivity index (χ0v) is 10.3. The van der Waals surface area contributed by atoms with Crippen LogP contribution in [0.3, 0.4) is 0 Å². The zero-order valence-electron chi connectivity index (χ0n) is 10.3. The van der Waals surface area contributed by atoms with Crippen LogP contribution < -0.4 is 0 Å². The van der Waals surface area contributed by atoms with Crippen molar-refractivity contribution in [1.29, 1.82) is 0 Å². The number of carbonyl (C=O) groups is 3. The molecule has 0 fully saturated rings. The van der Waals surface area contributed by atoms with E-state index in [1.54, 1.807) is 6.08 Å². The van der Waals surface area contributed by atoms with Crippen LogP contribution in [0, 0.1) is 0 Å². The largest absolute Gasteiger partial charge is 0.524 e. The third-order valence-corrected chi connectivity index (χ3v) is 2.02. The van der Waals surface area contributed by atoms with E-state index in [0.29, 0.717) is 0 Å². The minimum Gasteiger partial charge on any atom is -0.524 e. The van der Waals surface area contributed by atoms with E-state index >= 15 is 0 Å². The van der Waals surface area contributed by atoms with E-state index in [1.165, 1.54) is 38.9 Å². The second-order valence-electron chi connectivity index (χ2n) is 3.68. The maximum Gasteiger partial charge on any atom is 0.489 e. The van der Waals surface area contributed by atoms with Gasteiger partial charge in [-0.05, 0) is 6.08 Å². The van der Waals surface area contributed by atoms with Crippen LogP contribution in [0.15, 0.2) is 24.2 Å². The van der Waals surface area contributed by atoms with Crippen LogP contribution in [0.4, 0.5) is 0 Å². The molecule has 0 aromatic rings. The Bertz CT molecular complexity index is 409. The van der Waals surface area contributed by atoms with Crippen molar-refractivity contribution in [2.75, 3.05) is 0 Å². The molecule has 0 amide bonds. The van der Waals surface area contributed by atoms with E-state index in [1.807, 2.05) is 0 Å². The summed E-state index contributed by atoms with van der Waals surface area (Å²) in [7, 11) is 0. The fourth-order valence-corrected chi connectivity index (χ4v) is 1.54. The lowest BCUT2D eigenvalue weighted by Crippen LogP contribution is -2.53. The highest BCUT2D eigenvalue weighted by Crippen LogP contribution is 2.25. The number of carbonyl (C=O) groups excluding carboxylic acids is 3. The van der Waals surface area contributed by atoms with Crippen molar-refractivity contribution in [3.63, 3.8) is 0 Å². The third kappa shape index (κ3) is 3.48. The summed E-state index contributed by atoms with van der Waals surface area (Å²) in [6.45, 7) is 2.54. The number of ether oxygens (including phenoxy) is 2. The van der Waals surface area contributed by atoms with E-state index in [0.717, 1.165) is 0 Å². The topological polar surface area (TPSA) is 78.9 Å². The first-order chi connectivity index (χ1) is 8.35. The predicted molar refractivity (Wildman–Crippen MR) is 62.1 cm³/mol. The van der Waals surface area contributed by atoms with Crippen LogP contribution in [0.5, 0.6) is 0 Å². The summed E-state index contributed by atoms with van der Waals surface area (Å²) < 4.78 is 15.0. The molecule has 1 heterocycles. The maximum atomic E-state index is 11.1. The van der Waals surface area contributed by atoms with E-state index in [4.69, 9.17) is 14.1 Å². The molecule has 0 radical (unpaired) electrons.